The maximum Gasteiger partial charge on any atom is 0.323 e. The summed E-state index contributed by atoms with van der Waals surface area (Å²) in [6.45, 7) is 0.184. The summed E-state index contributed by atoms with van der Waals surface area (Å²) in [6.07, 6.45) is 0. The zero-order chi connectivity index (χ0) is 6.85. The number of aliphatic hydroxyl groups excluding tert-OH is 1. The van der Waals surface area contributed by atoms with E-state index in [1.54, 1.807) is 0 Å². The molecule has 1 aliphatic rings. The fourth-order valence-corrected chi connectivity index (χ4v) is 0.748. The van der Waals surface area contributed by atoms with Crippen LogP contribution in [0.1, 0.15) is 0 Å². The van der Waals surface area contributed by atoms with Crippen molar-refractivity contribution in [1.29, 1.82) is 0 Å². The number of aliphatic hydroxyl groups is 1. The third-order valence-electron chi connectivity index (χ3n) is 1.45. The average molecular weight is 168 g/mol. The number of carbonyl (C=O) groups excluding carboxylic acids is 1. The molecule has 4 nitrogen and oxygen atoms in total. The molecule has 0 aromatic carbocycles. The maximum atomic E-state index is 10.5. The van der Waals surface area contributed by atoms with E-state index in [1.807, 2.05) is 0 Å². The number of rotatable bonds is 1. The van der Waals surface area contributed by atoms with Crippen molar-refractivity contribution in [3.05, 3.63) is 0 Å². The second-order valence-corrected chi connectivity index (χ2v) is 2.10. The Bertz CT molecular complexity index is 130. The maximum absolute atomic E-state index is 10.5. The Labute approximate surface area is 64.8 Å². The molecule has 0 saturated carbocycles. The van der Waals surface area contributed by atoms with Crippen LogP contribution in [-0.4, -0.2) is 30.3 Å². The smallest absolute Gasteiger partial charge is 0.323 e. The van der Waals surface area contributed by atoms with Gasteiger partial charge in [-0.15, -0.1) is 12.4 Å². The minimum Gasteiger partial charge on any atom is -0.464 e. The van der Waals surface area contributed by atoms with Crippen LogP contribution in [0.25, 0.3) is 0 Å². The van der Waals surface area contributed by atoms with Crippen molar-refractivity contribution in [1.82, 2.24) is 0 Å². The van der Waals surface area contributed by atoms with E-state index >= 15 is 0 Å². The lowest BCUT2D eigenvalue weighted by Crippen LogP contribution is -2.33. The number of halogens is 1. The second kappa shape index (κ2) is 3.75. The molecule has 0 aromatic heterocycles. The van der Waals surface area contributed by atoms with Crippen molar-refractivity contribution in [2.45, 2.75) is 6.04 Å². The van der Waals surface area contributed by atoms with Gasteiger partial charge in [-0.2, -0.15) is 0 Å². The first-order valence-corrected chi connectivity index (χ1v) is 2.78. The van der Waals surface area contributed by atoms with E-state index in [-0.39, 0.29) is 31.5 Å². The molecule has 0 aromatic rings. The van der Waals surface area contributed by atoms with Gasteiger partial charge in [0.05, 0.1) is 13.2 Å². The van der Waals surface area contributed by atoms with Gasteiger partial charge >= 0.3 is 5.97 Å². The summed E-state index contributed by atoms with van der Waals surface area (Å²) in [5, 5.41) is 8.54. The molecule has 0 radical (unpaired) electrons. The van der Waals surface area contributed by atoms with E-state index in [9.17, 15) is 4.79 Å². The third kappa shape index (κ3) is 1.59. The average Bonchev–Trinajstić information content (AvgIpc) is 2.15. The summed E-state index contributed by atoms with van der Waals surface area (Å²) < 4.78 is 4.54. The van der Waals surface area contributed by atoms with Gasteiger partial charge in [-0.25, -0.2) is 0 Å². The number of nitrogens with two attached hydrogens (primary N) is 1. The summed E-state index contributed by atoms with van der Waals surface area (Å²) in [5.41, 5.74) is 5.30. The van der Waals surface area contributed by atoms with Gasteiger partial charge in [0.1, 0.15) is 6.04 Å². The summed E-state index contributed by atoms with van der Waals surface area (Å²) in [5.74, 6) is -0.605. The van der Waals surface area contributed by atoms with Crippen LogP contribution in [-0.2, 0) is 9.53 Å². The lowest BCUT2D eigenvalue weighted by molar-refractivity contribution is -0.139. The molecule has 1 rings (SSSR count). The highest BCUT2D eigenvalue weighted by molar-refractivity contribution is 5.85. The predicted molar refractivity (Wildman–Crippen MR) is 36.8 cm³/mol. The highest BCUT2D eigenvalue weighted by atomic mass is 35.5. The highest BCUT2D eigenvalue weighted by Crippen LogP contribution is 2.11. The monoisotopic (exact) mass is 167 g/mol. The van der Waals surface area contributed by atoms with Crippen molar-refractivity contribution >= 4 is 18.4 Å². The molecule has 0 spiro atoms. The first kappa shape index (κ1) is 9.68. The fourth-order valence-electron chi connectivity index (χ4n) is 0.748. The molecule has 0 aliphatic carbocycles. The van der Waals surface area contributed by atoms with E-state index in [0.29, 0.717) is 0 Å². The van der Waals surface area contributed by atoms with Crippen LogP contribution in [0.2, 0.25) is 0 Å². The Kier molecular flexibility index (Phi) is 3.63. The van der Waals surface area contributed by atoms with Gasteiger partial charge in [-0.05, 0) is 0 Å². The van der Waals surface area contributed by atoms with Gasteiger partial charge in [-0.3, -0.25) is 4.79 Å². The van der Waals surface area contributed by atoms with Crippen molar-refractivity contribution in [3.8, 4) is 0 Å². The molecule has 1 saturated heterocycles. The van der Waals surface area contributed by atoms with Crippen LogP contribution in [0.15, 0.2) is 0 Å². The standard InChI is InChI=1S/C5H9NO3.ClH/c6-4-3(1-7)2-9-5(4)8;/h3-4,7H,1-2,6H2;1H/t3-,4-;/m1./s1. The molecule has 1 aliphatic heterocycles. The van der Waals surface area contributed by atoms with Crippen LogP contribution < -0.4 is 5.73 Å². The topological polar surface area (TPSA) is 72.6 Å². The molecular formula is C5H10ClNO3. The van der Waals surface area contributed by atoms with Gasteiger partial charge in [0.25, 0.3) is 0 Å². The van der Waals surface area contributed by atoms with E-state index < -0.39 is 12.0 Å². The quantitative estimate of drug-likeness (QED) is 0.487. The molecule has 0 amide bonds. The molecule has 10 heavy (non-hydrogen) atoms. The van der Waals surface area contributed by atoms with Crippen LogP contribution in [0.4, 0.5) is 0 Å². The Morgan fingerprint density at radius 3 is 2.60 bits per heavy atom. The minimum atomic E-state index is -0.616. The number of hydrogen-bond donors (Lipinski definition) is 2. The molecule has 1 heterocycles. The number of ether oxygens (including phenoxy) is 1. The molecule has 1 fully saturated rings. The zero-order valence-electron chi connectivity index (χ0n) is 5.32. The number of esters is 1. The minimum absolute atomic E-state index is 0. The second-order valence-electron chi connectivity index (χ2n) is 2.10. The van der Waals surface area contributed by atoms with Crippen LogP contribution >= 0.6 is 12.4 Å². The normalized spacial score (nSPS) is 31.2. The number of carbonyl (C=O) groups is 1. The molecule has 2 atom stereocenters. The third-order valence-corrected chi connectivity index (χ3v) is 1.45. The summed E-state index contributed by atoms with van der Waals surface area (Å²) in [4.78, 5) is 10.5. The summed E-state index contributed by atoms with van der Waals surface area (Å²) in [6, 6.07) is -0.616. The zero-order valence-corrected chi connectivity index (χ0v) is 6.13. The molecule has 0 unspecified atom stereocenters. The first-order valence-electron chi connectivity index (χ1n) is 2.78. The fraction of sp³-hybridized carbons (Fsp3) is 0.800. The Balaban J connectivity index is 0.000000810. The Morgan fingerprint density at radius 1 is 1.80 bits per heavy atom. The Morgan fingerprint density at radius 2 is 2.40 bits per heavy atom. The van der Waals surface area contributed by atoms with E-state index in [2.05, 4.69) is 4.74 Å². The number of cyclic esters (lactones) is 1. The van der Waals surface area contributed by atoms with Gasteiger partial charge in [0.15, 0.2) is 0 Å². The molecule has 5 heteroatoms. The molecular weight excluding hydrogens is 158 g/mol. The predicted octanol–water partition coefficient (Wildman–Crippen LogP) is -1.10. The van der Waals surface area contributed by atoms with Crippen LogP contribution in [0.5, 0.6) is 0 Å². The SMILES string of the molecule is Cl.N[C@H]1C(=O)OC[C@H]1CO. The summed E-state index contributed by atoms with van der Waals surface area (Å²) in [7, 11) is 0. The summed E-state index contributed by atoms with van der Waals surface area (Å²) >= 11 is 0. The largest absolute Gasteiger partial charge is 0.464 e. The Hall–Kier alpha value is -0.320. The van der Waals surface area contributed by atoms with E-state index in [4.69, 9.17) is 10.8 Å². The van der Waals surface area contributed by atoms with Gasteiger partial charge < -0.3 is 15.6 Å². The lowest BCUT2D eigenvalue weighted by atomic mass is 10.1. The first-order chi connectivity index (χ1) is 4.25. The van der Waals surface area contributed by atoms with Gasteiger partial charge in [0, 0.05) is 5.92 Å². The highest BCUT2D eigenvalue weighted by Gasteiger charge is 2.32. The lowest BCUT2D eigenvalue weighted by Gasteiger charge is -2.03. The van der Waals surface area contributed by atoms with Crippen LogP contribution in [0.3, 0.4) is 0 Å². The number of hydrogen-bond acceptors (Lipinski definition) is 4. The van der Waals surface area contributed by atoms with Gasteiger partial charge in [-0.1, -0.05) is 0 Å². The van der Waals surface area contributed by atoms with Crippen molar-refractivity contribution in [3.63, 3.8) is 0 Å². The van der Waals surface area contributed by atoms with Crippen molar-refractivity contribution in [2.75, 3.05) is 13.2 Å². The molecule has 60 valence electrons. The van der Waals surface area contributed by atoms with Crippen molar-refractivity contribution < 1.29 is 14.6 Å². The van der Waals surface area contributed by atoms with Crippen molar-refractivity contribution in [2.24, 2.45) is 11.7 Å². The van der Waals surface area contributed by atoms with E-state index in [1.165, 1.54) is 0 Å². The van der Waals surface area contributed by atoms with Crippen LogP contribution in [0, 0.1) is 5.92 Å². The van der Waals surface area contributed by atoms with E-state index in [0.717, 1.165) is 0 Å². The van der Waals surface area contributed by atoms with Gasteiger partial charge in [0.2, 0.25) is 0 Å². The molecule has 0 bridgehead atoms. The molecule has 3 N–H and O–H groups in total.